The number of hydrogen-bond donors (Lipinski definition) is 1. The van der Waals surface area contributed by atoms with Crippen LogP contribution in [0, 0.1) is 5.92 Å². The maximum absolute atomic E-state index is 12.9. The molecule has 0 saturated carbocycles. The summed E-state index contributed by atoms with van der Waals surface area (Å²) in [6, 6.07) is 16.5. The van der Waals surface area contributed by atoms with Crippen molar-refractivity contribution in [3.63, 3.8) is 0 Å². The van der Waals surface area contributed by atoms with Gasteiger partial charge in [0.2, 0.25) is 11.8 Å². The predicted molar refractivity (Wildman–Crippen MR) is 126 cm³/mol. The number of benzene rings is 2. The van der Waals surface area contributed by atoms with Crippen molar-refractivity contribution in [3.8, 4) is 5.75 Å². The topological polar surface area (TPSA) is 79.0 Å². The Labute approximate surface area is 194 Å². The Morgan fingerprint density at radius 3 is 2.45 bits per heavy atom. The summed E-state index contributed by atoms with van der Waals surface area (Å²) in [5.41, 5.74) is 1.21. The zero-order valence-electron chi connectivity index (χ0n) is 18.9. The number of nitrogens with one attached hydrogen (secondary N) is 1. The van der Waals surface area contributed by atoms with Crippen molar-refractivity contribution in [2.75, 3.05) is 38.1 Å². The minimum Gasteiger partial charge on any atom is -0.493 e. The lowest BCUT2D eigenvalue weighted by atomic mass is 9.96. The molecule has 0 aliphatic carbocycles. The number of amides is 3. The van der Waals surface area contributed by atoms with Crippen LogP contribution < -0.4 is 10.1 Å². The fraction of sp³-hybridized carbons (Fsp3) is 0.423. The number of hydrogen-bond acceptors (Lipinski definition) is 4. The van der Waals surface area contributed by atoms with Gasteiger partial charge in [-0.1, -0.05) is 24.3 Å². The predicted octanol–water partition coefficient (Wildman–Crippen LogP) is 3.57. The third-order valence-electron chi connectivity index (χ3n) is 6.24. The normalized spacial score (nSPS) is 18.1. The van der Waals surface area contributed by atoms with Crippen LogP contribution in [0.5, 0.6) is 5.75 Å². The van der Waals surface area contributed by atoms with E-state index in [0.717, 1.165) is 44.5 Å². The number of anilines is 1. The van der Waals surface area contributed by atoms with Gasteiger partial charge in [-0.15, -0.1) is 0 Å². The number of nitrogens with zero attached hydrogens (tertiary/aromatic N) is 2. The maximum atomic E-state index is 12.9. The van der Waals surface area contributed by atoms with Crippen molar-refractivity contribution in [3.05, 3.63) is 60.2 Å². The average Bonchev–Trinajstić information content (AvgIpc) is 3.39. The lowest BCUT2D eigenvalue weighted by Crippen LogP contribution is -2.44. The molecule has 1 N–H and O–H groups in total. The van der Waals surface area contributed by atoms with E-state index in [4.69, 9.17) is 4.74 Å². The third kappa shape index (κ3) is 6.12. The average molecular weight is 450 g/mol. The summed E-state index contributed by atoms with van der Waals surface area (Å²) < 4.78 is 5.63. The standard InChI is InChI=1S/C26H31N3O4/c30-24(13-17-33-23-11-2-1-3-12-23)29-16-7-9-21(19-29)25(31)27-22-10-6-8-20(18-22)26(32)28-14-4-5-15-28/h1-3,6,8,10-12,18,21H,4-5,7,9,13-17,19H2,(H,27,31). The molecule has 2 aliphatic rings. The van der Waals surface area contributed by atoms with Gasteiger partial charge in [0.1, 0.15) is 5.75 Å². The van der Waals surface area contributed by atoms with Gasteiger partial charge in [0, 0.05) is 37.4 Å². The fourth-order valence-electron chi connectivity index (χ4n) is 4.43. The number of rotatable bonds is 7. The first-order valence-corrected chi connectivity index (χ1v) is 11.8. The monoisotopic (exact) mass is 449 g/mol. The molecule has 2 aliphatic heterocycles. The molecule has 4 rings (SSSR count). The van der Waals surface area contributed by atoms with Crippen molar-refractivity contribution in [2.24, 2.45) is 5.92 Å². The molecule has 2 fully saturated rings. The quantitative estimate of drug-likeness (QED) is 0.701. The number of carbonyl (C=O) groups is 3. The number of piperidine rings is 1. The SMILES string of the molecule is O=C(Nc1cccc(C(=O)N2CCCC2)c1)C1CCCN(C(=O)CCOc2ccccc2)C1. The Bertz CT molecular complexity index is 973. The number of ether oxygens (including phenoxy) is 1. The molecule has 0 spiro atoms. The first-order valence-electron chi connectivity index (χ1n) is 11.8. The van der Waals surface area contributed by atoms with Crippen LogP contribution >= 0.6 is 0 Å². The summed E-state index contributed by atoms with van der Waals surface area (Å²) in [6.45, 7) is 2.96. The molecule has 0 aromatic heterocycles. The van der Waals surface area contributed by atoms with E-state index in [1.54, 1.807) is 29.2 Å². The lowest BCUT2D eigenvalue weighted by Gasteiger charge is -2.32. The fourth-order valence-corrected chi connectivity index (χ4v) is 4.43. The molecule has 2 heterocycles. The molecule has 7 nitrogen and oxygen atoms in total. The lowest BCUT2D eigenvalue weighted by molar-refractivity contribution is -0.135. The second-order valence-electron chi connectivity index (χ2n) is 8.66. The van der Waals surface area contributed by atoms with Gasteiger partial charge in [0.15, 0.2) is 0 Å². The molecule has 33 heavy (non-hydrogen) atoms. The molecule has 1 unspecified atom stereocenters. The second kappa shape index (κ2) is 11.0. The highest BCUT2D eigenvalue weighted by Gasteiger charge is 2.28. The van der Waals surface area contributed by atoms with Crippen LogP contribution in [0.15, 0.2) is 54.6 Å². The Morgan fingerprint density at radius 1 is 0.909 bits per heavy atom. The van der Waals surface area contributed by atoms with Gasteiger partial charge in [-0.05, 0) is 56.0 Å². The third-order valence-corrected chi connectivity index (χ3v) is 6.24. The molecule has 2 aromatic carbocycles. The van der Waals surface area contributed by atoms with Crippen LogP contribution in [0.25, 0.3) is 0 Å². The minimum atomic E-state index is -0.268. The van der Waals surface area contributed by atoms with Gasteiger partial charge >= 0.3 is 0 Å². The van der Waals surface area contributed by atoms with Crippen molar-refractivity contribution in [2.45, 2.75) is 32.1 Å². The Morgan fingerprint density at radius 2 is 1.67 bits per heavy atom. The van der Waals surface area contributed by atoms with E-state index in [1.807, 2.05) is 35.2 Å². The maximum Gasteiger partial charge on any atom is 0.253 e. The highest BCUT2D eigenvalue weighted by atomic mass is 16.5. The van der Waals surface area contributed by atoms with Crippen LogP contribution in [-0.4, -0.2) is 60.3 Å². The van der Waals surface area contributed by atoms with Crippen molar-refractivity contribution in [1.82, 2.24) is 9.80 Å². The summed E-state index contributed by atoms with van der Waals surface area (Å²) in [6.07, 6.45) is 3.89. The molecular formula is C26H31N3O4. The Balaban J connectivity index is 1.28. The van der Waals surface area contributed by atoms with Gasteiger partial charge < -0.3 is 19.9 Å². The smallest absolute Gasteiger partial charge is 0.253 e. The summed E-state index contributed by atoms with van der Waals surface area (Å²) in [5, 5.41) is 2.95. The highest BCUT2D eigenvalue weighted by Crippen LogP contribution is 2.21. The Kier molecular flexibility index (Phi) is 7.60. The first kappa shape index (κ1) is 22.8. The summed E-state index contributed by atoms with van der Waals surface area (Å²) >= 11 is 0. The van der Waals surface area contributed by atoms with Gasteiger partial charge in [-0.25, -0.2) is 0 Å². The van der Waals surface area contributed by atoms with Crippen LogP contribution in [0.4, 0.5) is 5.69 Å². The molecule has 0 radical (unpaired) electrons. The number of likely N-dealkylation sites (tertiary alicyclic amines) is 2. The Hall–Kier alpha value is -3.35. The summed E-state index contributed by atoms with van der Waals surface area (Å²) in [4.78, 5) is 41.8. The zero-order valence-corrected chi connectivity index (χ0v) is 18.9. The first-order chi connectivity index (χ1) is 16.1. The van der Waals surface area contributed by atoms with Crippen LogP contribution in [-0.2, 0) is 9.59 Å². The van der Waals surface area contributed by atoms with Crippen LogP contribution in [0.1, 0.15) is 42.5 Å². The largest absolute Gasteiger partial charge is 0.493 e. The van der Waals surface area contributed by atoms with E-state index in [2.05, 4.69) is 5.32 Å². The van der Waals surface area contributed by atoms with E-state index in [1.165, 1.54) is 0 Å². The van der Waals surface area contributed by atoms with E-state index >= 15 is 0 Å². The molecule has 1 atom stereocenters. The molecule has 7 heteroatoms. The number of carbonyl (C=O) groups excluding carboxylic acids is 3. The molecular weight excluding hydrogens is 418 g/mol. The van der Waals surface area contributed by atoms with Crippen LogP contribution in [0.2, 0.25) is 0 Å². The van der Waals surface area contributed by atoms with E-state index < -0.39 is 0 Å². The van der Waals surface area contributed by atoms with Crippen molar-refractivity contribution < 1.29 is 19.1 Å². The van der Waals surface area contributed by atoms with Gasteiger partial charge in [0.25, 0.3) is 5.91 Å². The number of para-hydroxylation sites is 1. The van der Waals surface area contributed by atoms with Gasteiger partial charge in [-0.2, -0.15) is 0 Å². The van der Waals surface area contributed by atoms with E-state index in [-0.39, 0.29) is 30.1 Å². The van der Waals surface area contributed by atoms with Crippen LogP contribution in [0.3, 0.4) is 0 Å². The second-order valence-corrected chi connectivity index (χ2v) is 8.66. The zero-order chi connectivity index (χ0) is 23.0. The molecule has 2 aromatic rings. The van der Waals surface area contributed by atoms with E-state index in [9.17, 15) is 14.4 Å². The summed E-state index contributed by atoms with van der Waals surface area (Å²) in [5.74, 6) is 0.374. The van der Waals surface area contributed by atoms with Gasteiger partial charge in [0.05, 0.1) is 18.9 Å². The van der Waals surface area contributed by atoms with Gasteiger partial charge in [-0.3, -0.25) is 14.4 Å². The van der Waals surface area contributed by atoms with E-state index in [0.29, 0.717) is 30.9 Å². The molecule has 3 amide bonds. The van der Waals surface area contributed by atoms with Crippen molar-refractivity contribution in [1.29, 1.82) is 0 Å². The summed E-state index contributed by atoms with van der Waals surface area (Å²) in [7, 11) is 0. The minimum absolute atomic E-state index is 0.00152. The molecule has 174 valence electrons. The molecule has 0 bridgehead atoms. The molecule has 2 saturated heterocycles. The van der Waals surface area contributed by atoms with Crippen molar-refractivity contribution >= 4 is 23.4 Å². The highest BCUT2D eigenvalue weighted by molar-refractivity contribution is 5.98.